The number of benzene rings is 1. The highest BCUT2D eigenvalue weighted by molar-refractivity contribution is 7.91. The second-order valence-corrected chi connectivity index (χ2v) is 7.72. The number of aryl methyl sites for hydroxylation is 1. The molecule has 0 spiro atoms. The lowest BCUT2D eigenvalue weighted by Crippen LogP contribution is -2.42. The van der Waals surface area contributed by atoms with Crippen LogP contribution in [-0.4, -0.2) is 37.1 Å². The summed E-state index contributed by atoms with van der Waals surface area (Å²) in [7, 11) is -3.34. The quantitative estimate of drug-likeness (QED) is 0.855. The standard InChI is InChI=1S/C15H21NO3S/c1-11(2)16-13(6-9-15(16)17)10-20(18,19)14-7-4-12(3)5-8-14/h4-5,7-8,11,13H,6,9-10H2,1-3H3. The van der Waals surface area contributed by atoms with Gasteiger partial charge in [0.1, 0.15) is 0 Å². The van der Waals surface area contributed by atoms with Gasteiger partial charge in [0, 0.05) is 18.5 Å². The normalized spacial score (nSPS) is 19.9. The van der Waals surface area contributed by atoms with E-state index in [0.717, 1.165) is 5.56 Å². The minimum atomic E-state index is -3.34. The lowest BCUT2D eigenvalue weighted by molar-refractivity contribution is -0.130. The molecule has 1 saturated heterocycles. The summed E-state index contributed by atoms with van der Waals surface area (Å²) in [6.45, 7) is 5.77. The minimum Gasteiger partial charge on any atom is -0.336 e. The van der Waals surface area contributed by atoms with Crippen molar-refractivity contribution in [2.75, 3.05) is 5.75 Å². The lowest BCUT2D eigenvalue weighted by Gasteiger charge is -2.28. The molecule has 0 aromatic heterocycles. The Morgan fingerprint density at radius 3 is 2.40 bits per heavy atom. The second kappa shape index (κ2) is 5.56. The molecule has 110 valence electrons. The Balaban J connectivity index is 2.20. The maximum atomic E-state index is 12.4. The Morgan fingerprint density at radius 2 is 1.85 bits per heavy atom. The molecule has 0 saturated carbocycles. The van der Waals surface area contributed by atoms with Crippen molar-refractivity contribution in [3.63, 3.8) is 0 Å². The first kappa shape index (κ1) is 15.0. The van der Waals surface area contributed by atoms with E-state index in [9.17, 15) is 13.2 Å². The number of carbonyl (C=O) groups is 1. The number of hydrogen-bond donors (Lipinski definition) is 0. The number of amides is 1. The van der Waals surface area contributed by atoms with E-state index >= 15 is 0 Å². The molecule has 1 unspecified atom stereocenters. The molecule has 4 nitrogen and oxygen atoms in total. The predicted molar refractivity (Wildman–Crippen MR) is 78.2 cm³/mol. The van der Waals surface area contributed by atoms with Crippen molar-refractivity contribution in [3.05, 3.63) is 29.8 Å². The van der Waals surface area contributed by atoms with Crippen LogP contribution in [0.1, 0.15) is 32.3 Å². The summed E-state index contributed by atoms with van der Waals surface area (Å²) in [4.78, 5) is 13.9. The number of sulfone groups is 1. The Hall–Kier alpha value is -1.36. The fraction of sp³-hybridized carbons (Fsp3) is 0.533. The van der Waals surface area contributed by atoms with Gasteiger partial charge in [0.25, 0.3) is 0 Å². The summed E-state index contributed by atoms with van der Waals surface area (Å²) in [6, 6.07) is 6.72. The second-order valence-electron chi connectivity index (χ2n) is 5.68. The van der Waals surface area contributed by atoms with Crippen molar-refractivity contribution in [2.24, 2.45) is 0 Å². The molecule has 0 N–H and O–H groups in total. The van der Waals surface area contributed by atoms with E-state index in [1.807, 2.05) is 20.8 Å². The third kappa shape index (κ3) is 3.03. The summed E-state index contributed by atoms with van der Waals surface area (Å²) in [5, 5.41) is 0. The molecule has 1 fully saturated rings. The van der Waals surface area contributed by atoms with E-state index in [0.29, 0.717) is 17.7 Å². The number of hydrogen-bond acceptors (Lipinski definition) is 3. The largest absolute Gasteiger partial charge is 0.336 e. The zero-order valence-corrected chi connectivity index (χ0v) is 13.0. The van der Waals surface area contributed by atoms with Crippen molar-refractivity contribution >= 4 is 15.7 Å². The van der Waals surface area contributed by atoms with E-state index < -0.39 is 9.84 Å². The van der Waals surface area contributed by atoms with Crippen LogP contribution < -0.4 is 0 Å². The zero-order chi connectivity index (χ0) is 14.9. The Labute approximate surface area is 120 Å². The third-order valence-electron chi connectivity index (χ3n) is 3.72. The fourth-order valence-electron chi connectivity index (χ4n) is 2.73. The average molecular weight is 295 g/mol. The SMILES string of the molecule is Cc1ccc(S(=O)(=O)CC2CCC(=O)N2C(C)C)cc1. The first-order valence-electron chi connectivity index (χ1n) is 6.92. The highest BCUT2D eigenvalue weighted by Crippen LogP contribution is 2.25. The van der Waals surface area contributed by atoms with Crippen LogP contribution in [0.15, 0.2) is 29.2 Å². The van der Waals surface area contributed by atoms with Crippen molar-refractivity contribution < 1.29 is 13.2 Å². The van der Waals surface area contributed by atoms with Crippen LogP contribution in [-0.2, 0) is 14.6 Å². The topological polar surface area (TPSA) is 54.5 Å². The van der Waals surface area contributed by atoms with Gasteiger partial charge in [0.2, 0.25) is 5.91 Å². The number of carbonyl (C=O) groups excluding carboxylic acids is 1. The van der Waals surface area contributed by atoms with Gasteiger partial charge in [-0.3, -0.25) is 4.79 Å². The van der Waals surface area contributed by atoms with Crippen LogP contribution in [0.2, 0.25) is 0 Å². The van der Waals surface area contributed by atoms with Crippen molar-refractivity contribution in [1.29, 1.82) is 0 Å². The van der Waals surface area contributed by atoms with Gasteiger partial charge in [-0.2, -0.15) is 0 Å². The van der Waals surface area contributed by atoms with Crippen LogP contribution >= 0.6 is 0 Å². The van der Waals surface area contributed by atoms with Gasteiger partial charge in [-0.1, -0.05) is 17.7 Å². The molecule has 1 aromatic carbocycles. The van der Waals surface area contributed by atoms with Crippen LogP contribution in [0, 0.1) is 6.92 Å². The molecule has 20 heavy (non-hydrogen) atoms. The van der Waals surface area contributed by atoms with E-state index in [4.69, 9.17) is 0 Å². The van der Waals surface area contributed by atoms with Gasteiger partial charge >= 0.3 is 0 Å². The van der Waals surface area contributed by atoms with E-state index in [1.165, 1.54) is 0 Å². The molecule has 2 rings (SSSR count). The molecular weight excluding hydrogens is 274 g/mol. The minimum absolute atomic E-state index is 0.0139. The van der Waals surface area contributed by atoms with Crippen LogP contribution in [0.3, 0.4) is 0 Å². The van der Waals surface area contributed by atoms with Crippen LogP contribution in [0.5, 0.6) is 0 Å². The maximum Gasteiger partial charge on any atom is 0.223 e. The molecule has 1 aliphatic rings. The van der Waals surface area contributed by atoms with Gasteiger partial charge < -0.3 is 4.90 Å². The van der Waals surface area contributed by atoms with Gasteiger partial charge in [0.05, 0.1) is 10.6 Å². The van der Waals surface area contributed by atoms with Gasteiger partial charge in [-0.05, 0) is 39.3 Å². The Kier molecular flexibility index (Phi) is 4.18. The first-order chi connectivity index (χ1) is 9.31. The van der Waals surface area contributed by atoms with E-state index in [2.05, 4.69) is 0 Å². The first-order valence-corrected chi connectivity index (χ1v) is 8.57. The fourth-order valence-corrected chi connectivity index (χ4v) is 4.31. The monoisotopic (exact) mass is 295 g/mol. The molecule has 1 aliphatic heterocycles. The van der Waals surface area contributed by atoms with Crippen molar-refractivity contribution in [3.8, 4) is 0 Å². The molecule has 1 atom stereocenters. The van der Waals surface area contributed by atoms with Gasteiger partial charge in [0.15, 0.2) is 9.84 Å². The summed E-state index contributed by atoms with van der Waals surface area (Å²) < 4.78 is 24.9. The number of likely N-dealkylation sites (tertiary alicyclic amines) is 1. The number of rotatable bonds is 4. The smallest absolute Gasteiger partial charge is 0.223 e. The molecule has 1 heterocycles. The third-order valence-corrected chi connectivity index (χ3v) is 5.54. The van der Waals surface area contributed by atoms with Crippen LogP contribution in [0.4, 0.5) is 0 Å². The van der Waals surface area contributed by atoms with E-state index in [1.54, 1.807) is 29.2 Å². The summed E-state index contributed by atoms with van der Waals surface area (Å²) >= 11 is 0. The van der Waals surface area contributed by atoms with Crippen molar-refractivity contribution in [1.82, 2.24) is 4.90 Å². The average Bonchev–Trinajstić information content (AvgIpc) is 2.70. The molecule has 0 aliphatic carbocycles. The molecule has 5 heteroatoms. The predicted octanol–water partition coefficient (Wildman–Crippen LogP) is 2.17. The summed E-state index contributed by atoms with van der Waals surface area (Å²) in [5.74, 6) is 0.0732. The Bertz CT molecular complexity index is 590. The van der Waals surface area contributed by atoms with Gasteiger partial charge in [-0.25, -0.2) is 8.42 Å². The van der Waals surface area contributed by atoms with Crippen LogP contribution in [0.25, 0.3) is 0 Å². The molecule has 0 radical (unpaired) electrons. The highest BCUT2D eigenvalue weighted by atomic mass is 32.2. The molecule has 0 bridgehead atoms. The van der Waals surface area contributed by atoms with Crippen molar-refractivity contribution in [2.45, 2.75) is 50.6 Å². The lowest BCUT2D eigenvalue weighted by atomic mass is 10.2. The molecule has 1 aromatic rings. The molecular formula is C15H21NO3S. The maximum absolute atomic E-state index is 12.4. The van der Waals surface area contributed by atoms with E-state index in [-0.39, 0.29) is 23.7 Å². The summed E-state index contributed by atoms with van der Waals surface area (Å²) in [5.41, 5.74) is 1.03. The molecule has 1 amide bonds. The number of nitrogens with zero attached hydrogens (tertiary/aromatic N) is 1. The summed E-state index contributed by atoms with van der Waals surface area (Å²) in [6.07, 6.45) is 1.08. The zero-order valence-electron chi connectivity index (χ0n) is 12.2. The van der Waals surface area contributed by atoms with Gasteiger partial charge in [-0.15, -0.1) is 0 Å². The Morgan fingerprint density at radius 1 is 1.25 bits per heavy atom. The highest BCUT2D eigenvalue weighted by Gasteiger charge is 2.36.